The first kappa shape index (κ1) is 18.8. The minimum atomic E-state index is 0.605. The molecule has 0 radical (unpaired) electrons. The molecule has 2 N–H and O–H groups in total. The Morgan fingerprint density at radius 1 is 0.469 bits per heavy atom. The standard InChI is InChI=1S/C28H14N4/c1-5-17-21-9-11-23(29-21)18(6-2)25-13-15-27(31-25)20(8-4)28-16-14-26(32-28)19(7-3)24-12-10-22(17)30-24/h1-4,9-16,29,32H. The van der Waals surface area contributed by atoms with E-state index in [1.165, 1.54) is 0 Å². The SMILES string of the molecule is C#Cc1c2nc(c(C#C)c3ccc([nH]3)c(C#C)c3nc(c(C#C)c4ccc1[nH]4)C=C3)C=C2. The Kier molecular flexibility index (Phi) is 4.28. The molecule has 2 aliphatic rings. The van der Waals surface area contributed by atoms with Gasteiger partial charge in [0.2, 0.25) is 0 Å². The Morgan fingerprint density at radius 3 is 0.938 bits per heavy atom. The molecule has 3 aromatic heterocycles. The summed E-state index contributed by atoms with van der Waals surface area (Å²) in [5.74, 6) is 10.9. The summed E-state index contributed by atoms with van der Waals surface area (Å²) in [5.41, 5.74) is 7.84. The van der Waals surface area contributed by atoms with Crippen LogP contribution in [0.3, 0.4) is 0 Å². The average Bonchev–Trinajstić information content (AvgIpc) is 3.59. The van der Waals surface area contributed by atoms with Crippen molar-refractivity contribution < 1.29 is 0 Å². The molecule has 8 bridgehead atoms. The fourth-order valence-electron chi connectivity index (χ4n) is 3.81. The Hall–Kier alpha value is -5.16. The fraction of sp³-hybridized carbons (Fsp3) is 0. The van der Waals surface area contributed by atoms with Crippen molar-refractivity contribution in [1.82, 2.24) is 19.9 Å². The molecule has 0 saturated carbocycles. The zero-order valence-electron chi connectivity index (χ0n) is 16.8. The van der Waals surface area contributed by atoms with Crippen LogP contribution in [0.15, 0.2) is 24.3 Å². The molecule has 0 aromatic carbocycles. The van der Waals surface area contributed by atoms with E-state index in [1.807, 2.05) is 48.6 Å². The van der Waals surface area contributed by atoms with Crippen LogP contribution in [-0.4, -0.2) is 19.9 Å². The quantitative estimate of drug-likeness (QED) is 0.370. The van der Waals surface area contributed by atoms with E-state index in [9.17, 15) is 0 Å². The van der Waals surface area contributed by atoms with Gasteiger partial charge in [-0.3, -0.25) is 0 Å². The smallest absolute Gasteiger partial charge is 0.0815 e. The average molecular weight is 406 g/mol. The number of nitrogens with one attached hydrogen (secondary N) is 2. The molecule has 3 aromatic rings. The summed E-state index contributed by atoms with van der Waals surface area (Å²) in [5, 5.41) is 0. The number of hydrogen-bond donors (Lipinski definition) is 2. The fourth-order valence-corrected chi connectivity index (χ4v) is 3.81. The van der Waals surface area contributed by atoms with Gasteiger partial charge >= 0.3 is 0 Å². The number of rotatable bonds is 0. The second kappa shape index (κ2) is 7.27. The maximum absolute atomic E-state index is 5.84. The molecule has 0 atom stereocenters. The van der Waals surface area contributed by atoms with Gasteiger partial charge in [-0.25, -0.2) is 9.97 Å². The van der Waals surface area contributed by atoms with Gasteiger partial charge in [0, 0.05) is 0 Å². The van der Waals surface area contributed by atoms with Gasteiger partial charge in [-0.1, -0.05) is 23.7 Å². The summed E-state index contributed by atoms with van der Waals surface area (Å²) in [4.78, 5) is 16.0. The summed E-state index contributed by atoms with van der Waals surface area (Å²) >= 11 is 0. The van der Waals surface area contributed by atoms with Gasteiger partial charge in [-0.05, 0) is 48.6 Å². The largest absolute Gasteiger partial charge is 0.353 e. The van der Waals surface area contributed by atoms with Gasteiger partial charge in [0.25, 0.3) is 0 Å². The number of aromatic amines is 2. The second-order valence-corrected chi connectivity index (χ2v) is 7.08. The van der Waals surface area contributed by atoms with Crippen LogP contribution in [0.2, 0.25) is 0 Å². The van der Waals surface area contributed by atoms with Crippen molar-refractivity contribution in [3.63, 3.8) is 0 Å². The second-order valence-electron chi connectivity index (χ2n) is 7.08. The minimum Gasteiger partial charge on any atom is -0.353 e. The van der Waals surface area contributed by atoms with Crippen molar-refractivity contribution in [3.05, 3.63) is 69.3 Å². The van der Waals surface area contributed by atoms with Crippen molar-refractivity contribution >= 4 is 46.4 Å². The van der Waals surface area contributed by atoms with E-state index in [4.69, 9.17) is 35.7 Å². The van der Waals surface area contributed by atoms with Crippen molar-refractivity contribution in [2.75, 3.05) is 0 Å². The Morgan fingerprint density at radius 2 is 0.719 bits per heavy atom. The molecular formula is C28H14N4. The molecule has 0 unspecified atom stereocenters. The highest BCUT2D eigenvalue weighted by molar-refractivity contribution is 5.87. The van der Waals surface area contributed by atoms with Gasteiger partial charge in [0.15, 0.2) is 0 Å². The van der Waals surface area contributed by atoms with Crippen molar-refractivity contribution in [3.8, 4) is 49.4 Å². The van der Waals surface area contributed by atoms with Crippen molar-refractivity contribution in [1.29, 1.82) is 0 Å². The number of terminal acetylenes is 4. The van der Waals surface area contributed by atoms with Crippen LogP contribution in [0.5, 0.6) is 0 Å². The van der Waals surface area contributed by atoms with E-state index < -0.39 is 0 Å². The lowest BCUT2D eigenvalue weighted by Gasteiger charge is -1.96. The lowest BCUT2D eigenvalue weighted by atomic mass is 10.2. The third-order valence-electron chi connectivity index (χ3n) is 5.33. The van der Waals surface area contributed by atoms with Gasteiger partial charge in [0.1, 0.15) is 0 Å². The first-order chi connectivity index (χ1) is 15.7. The van der Waals surface area contributed by atoms with Gasteiger partial charge in [0.05, 0.1) is 67.1 Å². The molecule has 0 spiro atoms. The van der Waals surface area contributed by atoms with E-state index in [0.717, 1.165) is 22.1 Å². The van der Waals surface area contributed by atoms with Crippen LogP contribution in [-0.2, 0) is 0 Å². The lowest BCUT2D eigenvalue weighted by Crippen LogP contribution is -1.88. The zero-order chi connectivity index (χ0) is 22.2. The molecular weight excluding hydrogens is 392 g/mol. The molecule has 0 fully saturated rings. The molecule has 0 amide bonds. The van der Waals surface area contributed by atoms with E-state index in [1.54, 1.807) is 0 Å². The molecule has 4 heteroatoms. The van der Waals surface area contributed by atoms with Crippen LogP contribution in [0.4, 0.5) is 0 Å². The number of H-pyrrole nitrogens is 2. The van der Waals surface area contributed by atoms with Gasteiger partial charge < -0.3 is 9.97 Å². The van der Waals surface area contributed by atoms with Gasteiger partial charge in [-0.15, -0.1) is 25.7 Å². The van der Waals surface area contributed by atoms with E-state index in [0.29, 0.717) is 45.0 Å². The van der Waals surface area contributed by atoms with Crippen LogP contribution >= 0.6 is 0 Å². The molecule has 0 aliphatic carbocycles. The number of fused-ring (bicyclic) bond motifs is 8. The summed E-state index contributed by atoms with van der Waals surface area (Å²) in [6, 6.07) is 7.50. The summed E-state index contributed by atoms with van der Waals surface area (Å²) < 4.78 is 0. The first-order valence-corrected chi connectivity index (χ1v) is 9.69. The van der Waals surface area contributed by atoms with Crippen LogP contribution in [0.25, 0.3) is 46.4 Å². The number of aromatic nitrogens is 4. The minimum absolute atomic E-state index is 0.605. The summed E-state index contributed by atoms with van der Waals surface area (Å²) in [6.45, 7) is 0. The van der Waals surface area contributed by atoms with E-state index in [-0.39, 0.29) is 0 Å². The van der Waals surface area contributed by atoms with E-state index in [2.05, 4.69) is 33.6 Å². The highest BCUT2D eigenvalue weighted by Crippen LogP contribution is 2.25. The molecule has 5 heterocycles. The monoisotopic (exact) mass is 406 g/mol. The number of nitrogens with zero attached hydrogens (tertiary/aromatic N) is 2. The van der Waals surface area contributed by atoms with Crippen LogP contribution < -0.4 is 0 Å². The van der Waals surface area contributed by atoms with Crippen molar-refractivity contribution in [2.24, 2.45) is 0 Å². The maximum atomic E-state index is 5.84. The van der Waals surface area contributed by atoms with Gasteiger partial charge in [-0.2, -0.15) is 0 Å². The highest BCUT2D eigenvalue weighted by Gasteiger charge is 2.13. The summed E-state index contributed by atoms with van der Waals surface area (Å²) in [7, 11) is 0. The van der Waals surface area contributed by atoms with Crippen molar-refractivity contribution in [2.45, 2.75) is 0 Å². The lowest BCUT2D eigenvalue weighted by molar-refractivity contribution is 1.29. The topological polar surface area (TPSA) is 57.4 Å². The molecule has 5 rings (SSSR count). The third-order valence-corrected chi connectivity index (χ3v) is 5.33. The molecule has 2 aliphatic heterocycles. The Bertz CT molecular complexity index is 1460. The Balaban J connectivity index is 2.04. The van der Waals surface area contributed by atoms with Crippen LogP contribution in [0.1, 0.15) is 45.0 Å². The maximum Gasteiger partial charge on any atom is 0.0815 e. The number of hydrogen-bond acceptors (Lipinski definition) is 2. The zero-order valence-corrected chi connectivity index (χ0v) is 16.8. The molecule has 146 valence electrons. The summed E-state index contributed by atoms with van der Waals surface area (Å²) in [6.07, 6.45) is 30.7. The first-order valence-electron chi connectivity index (χ1n) is 9.69. The predicted molar refractivity (Wildman–Crippen MR) is 131 cm³/mol. The van der Waals surface area contributed by atoms with Crippen LogP contribution in [0, 0.1) is 49.4 Å². The highest BCUT2D eigenvalue weighted by atomic mass is 14.8. The predicted octanol–water partition coefficient (Wildman–Crippen LogP) is 4.58. The molecule has 0 saturated heterocycles. The van der Waals surface area contributed by atoms with E-state index >= 15 is 0 Å². The Labute approximate surface area is 185 Å². The third kappa shape index (κ3) is 2.81. The normalized spacial score (nSPS) is 11.4. The molecule has 4 nitrogen and oxygen atoms in total. The molecule has 32 heavy (non-hydrogen) atoms.